The number of nitrogens with one attached hydrogen (secondary N) is 1. The van der Waals surface area contributed by atoms with Crippen LogP contribution in [0.5, 0.6) is 0 Å². The number of rotatable bonds is 3. The van der Waals surface area contributed by atoms with Crippen LogP contribution in [0.2, 0.25) is 0 Å². The third kappa shape index (κ3) is 2.16. The Hall–Kier alpha value is -1.62. The molecule has 1 rings (SSSR count). The second kappa shape index (κ2) is 4.42. The molecule has 0 radical (unpaired) electrons. The van der Waals surface area contributed by atoms with Gasteiger partial charge in [-0.25, -0.2) is 9.78 Å². The molecule has 0 fully saturated rings. The van der Waals surface area contributed by atoms with Gasteiger partial charge in [-0.05, 0) is 19.1 Å². The summed E-state index contributed by atoms with van der Waals surface area (Å²) in [5, 5.41) is 8.62. The molecule has 1 heterocycles. The topological polar surface area (TPSA) is 71.5 Å². The molecule has 5 heteroatoms. The van der Waals surface area contributed by atoms with Crippen molar-refractivity contribution in [1.29, 1.82) is 0 Å². The Morgan fingerprint density at radius 1 is 1.77 bits per heavy atom. The van der Waals surface area contributed by atoms with Gasteiger partial charge in [0.1, 0.15) is 5.56 Å². The maximum atomic E-state index is 11.2. The maximum absolute atomic E-state index is 11.2. The van der Waals surface area contributed by atoms with Gasteiger partial charge in [-0.3, -0.25) is 10.7 Å². The van der Waals surface area contributed by atoms with Gasteiger partial charge in [0.05, 0.1) is 6.61 Å². The number of ether oxygens (including phenoxy) is 1. The third-order valence-corrected chi connectivity index (χ3v) is 1.41. The molecule has 1 aromatic rings. The van der Waals surface area contributed by atoms with E-state index in [-0.39, 0.29) is 11.4 Å². The summed E-state index contributed by atoms with van der Waals surface area (Å²) in [4.78, 5) is 14.9. The molecule has 0 aliphatic carbocycles. The van der Waals surface area contributed by atoms with Gasteiger partial charge in [-0.15, -0.1) is 0 Å². The smallest absolute Gasteiger partial charge is 0.341 e. The lowest BCUT2D eigenvalue weighted by Crippen LogP contribution is -2.09. The van der Waals surface area contributed by atoms with Gasteiger partial charge in [-0.2, -0.15) is 0 Å². The summed E-state index contributed by atoms with van der Waals surface area (Å²) in [6, 6.07) is 3.11. The number of hydrogen-bond acceptors (Lipinski definition) is 5. The van der Waals surface area contributed by atoms with E-state index in [1.165, 1.54) is 12.3 Å². The normalized spacial score (nSPS) is 9.38. The van der Waals surface area contributed by atoms with Crippen molar-refractivity contribution in [2.24, 2.45) is 0 Å². The van der Waals surface area contributed by atoms with E-state index in [1.54, 1.807) is 13.0 Å². The van der Waals surface area contributed by atoms with Crippen LogP contribution < -0.4 is 5.48 Å². The van der Waals surface area contributed by atoms with Gasteiger partial charge in [0.2, 0.25) is 0 Å². The van der Waals surface area contributed by atoms with E-state index in [0.29, 0.717) is 6.61 Å². The highest BCUT2D eigenvalue weighted by Crippen LogP contribution is 2.11. The average molecular weight is 182 g/mol. The first-order valence-electron chi connectivity index (χ1n) is 3.81. The number of hydrogen-bond donors (Lipinski definition) is 2. The molecule has 0 spiro atoms. The number of pyridine rings is 1. The SMILES string of the molecule is CCOC(=O)c1cccnc1NO. The Kier molecular flexibility index (Phi) is 3.22. The van der Waals surface area contributed by atoms with Crippen molar-refractivity contribution in [2.75, 3.05) is 12.1 Å². The number of carbonyl (C=O) groups is 1. The fourth-order valence-electron chi connectivity index (χ4n) is 0.868. The van der Waals surface area contributed by atoms with Crippen LogP contribution in [0, 0.1) is 0 Å². The van der Waals surface area contributed by atoms with Crippen LogP contribution >= 0.6 is 0 Å². The van der Waals surface area contributed by atoms with Crippen LogP contribution in [0.3, 0.4) is 0 Å². The summed E-state index contributed by atoms with van der Waals surface area (Å²) < 4.78 is 4.74. The molecule has 0 bridgehead atoms. The van der Waals surface area contributed by atoms with Crippen LogP contribution in [0.15, 0.2) is 18.3 Å². The second-order valence-corrected chi connectivity index (χ2v) is 2.23. The number of anilines is 1. The van der Waals surface area contributed by atoms with Gasteiger partial charge < -0.3 is 4.74 Å². The highest BCUT2D eigenvalue weighted by molar-refractivity contribution is 5.94. The maximum Gasteiger partial charge on any atom is 0.341 e. The Morgan fingerprint density at radius 2 is 2.54 bits per heavy atom. The number of esters is 1. The van der Waals surface area contributed by atoms with Crippen molar-refractivity contribution in [3.63, 3.8) is 0 Å². The molecule has 0 saturated heterocycles. The lowest BCUT2D eigenvalue weighted by molar-refractivity contribution is 0.0526. The first-order chi connectivity index (χ1) is 6.29. The average Bonchev–Trinajstić information content (AvgIpc) is 2.18. The molecule has 0 aliphatic rings. The molecule has 0 aromatic carbocycles. The van der Waals surface area contributed by atoms with Gasteiger partial charge in [0.15, 0.2) is 5.82 Å². The largest absolute Gasteiger partial charge is 0.462 e. The first kappa shape index (κ1) is 9.47. The molecular formula is C8H10N2O3. The van der Waals surface area contributed by atoms with E-state index in [2.05, 4.69) is 4.98 Å². The Balaban J connectivity index is 2.92. The van der Waals surface area contributed by atoms with E-state index in [1.807, 2.05) is 5.48 Å². The minimum absolute atomic E-state index is 0.0981. The summed E-state index contributed by atoms with van der Waals surface area (Å²) in [5.41, 5.74) is 2.04. The minimum atomic E-state index is -0.507. The molecule has 2 N–H and O–H groups in total. The zero-order chi connectivity index (χ0) is 9.68. The molecule has 1 aromatic heterocycles. The molecule has 70 valence electrons. The zero-order valence-electron chi connectivity index (χ0n) is 7.15. The predicted octanol–water partition coefficient (Wildman–Crippen LogP) is 1.06. The Bertz CT molecular complexity index is 301. The quantitative estimate of drug-likeness (QED) is 0.540. The first-order valence-corrected chi connectivity index (χ1v) is 3.81. The molecule has 13 heavy (non-hydrogen) atoms. The molecule has 0 atom stereocenters. The summed E-state index contributed by atoms with van der Waals surface area (Å²) in [6.07, 6.45) is 1.46. The van der Waals surface area contributed by atoms with Crippen molar-refractivity contribution in [1.82, 2.24) is 4.98 Å². The summed E-state index contributed by atoms with van der Waals surface area (Å²) in [5.74, 6) is -0.409. The van der Waals surface area contributed by atoms with Gasteiger partial charge in [0.25, 0.3) is 0 Å². The lowest BCUT2D eigenvalue weighted by atomic mass is 10.2. The van der Waals surface area contributed by atoms with Crippen LogP contribution in [0.25, 0.3) is 0 Å². The van der Waals surface area contributed by atoms with Crippen LogP contribution in [-0.4, -0.2) is 22.8 Å². The Labute approximate surface area is 75.3 Å². The lowest BCUT2D eigenvalue weighted by Gasteiger charge is -2.04. The number of nitrogens with zero attached hydrogens (tertiary/aromatic N) is 1. The van der Waals surface area contributed by atoms with E-state index >= 15 is 0 Å². The monoisotopic (exact) mass is 182 g/mol. The standard InChI is InChI=1S/C8H10N2O3/c1-2-13-8(11)6-4-3-5-9-7(6)10-12/h3-5,12H,2H2,1H3,(H,9,10). The fourth-order valence-corrected chi connectivity index (χ4v) is 0.868. The van der Waals surface area contributed by atoms with Crippen molar-refractivity contribution >= 4 is 11.8 Å². The van der Waals surface area contributed by atoms with Gasteiger partial charge in [0, 0.05) is 6.20 Å². The van der Waals surface area contributed by atoms with E-state index in [9.17, 15) is 4.79 Å². The van der Waals surface area contributed by atoms with Crippen molar-refractivity contribution in [3.05, 3.63) is 23.9 Å². The van der Waals surface area contributed by atoms with Gasteiger partial charge in [-0.1, -0.05) is 0 Å². The molecule has 0 aliphatic heterocycles. The molecule has 0 unspecified atom stereocenters. The van der Waals surface area contributed by atoms with E-state index < -0.39 is 5.97 Å². The van der Waals surface area contributed by atoms with Crippen LogP contribution in [-0.2, 0) is 4.74 Å². The van der Waals surface area contributed by atoms with Crippen LogP contribution in [0.1, 0.15) is 17.3 Å². The number of aromatic nitrogens is 1. The van der Waals surface area contributed by atoms with Crippen LogP contribution in [0.4, 0.5) is 5.82 Å². The predicted molar refractivity (Wildman–Crippen MR) is 45.6 cm³/mol. The van der Waals surface area contributed by atoms with E-state index in [4.69, 9.17) is 9.94 Å². The second-order valence-electron chi connectivity index (χ2n) is 2.23. The molecular weight excluding hydrogens is 172 g/mol. The van der Waals surface area contributed by atoms with Crippen molar-refractivity contribution < 1.29 is 14.7 Å². The molecule has 0 amide bonds. The fraction of sp³-hybridized carbons (Fsp3) is 0.250. The minimum Gasteiger partial charge on any atom is -0.462 e. The van der Waals surface area contributed by atoms with Crippen molar-refractivity contribution in [3.8, 4) is 0 Å². The van der Waals surface area contributed by atoms with Crippen molar-refractivity contribution in [2.45, 2.75) is 6.92 Å². The van der Waals surface area contributed by atoms with E-state index in [0.717, 1.165) is 0 Å². The third-order valence-electron chi connectivity index (χ3n) is 1.41. The molecule has 5 nitrogen and oxygen atoms in total. The number of carbonyl (C=O) groups excluding carboxylic acids is 1. The zero-order valence-corrected chi connectivity index (χ0v) is 7.15. The summed E-state index contributed by atoms with van der Waals surface area (Å²) in [7, 11) is 0. The highest BCUT2D eigenvalue weighted by Gasteiger charge is 2.11. The highest BCUT2D eigenvalue weighted by atomic mass is 16.5. The summed E-state index contributed by atoms with van der Waals surface area (Å²) in [6.45, 7) is 2.00. The molecule has 0 saturated carbocycles. The Morgan fingerprint density at radius 3 is 3.15 bits per heavy atom. The van der Waals surface area contributed by atoms with Gasteiger partial charge >= 0.3 is 5.97 Å². The summed E-state index contributed by atoms with van der Waals surface area (Å²) >= 11 is 0.